The van der Waals surface area contributed by atoms with Crippen LogP contribution in [0.4, 0.5) is 8.78 Å². The van der Waals surface area contributed by atoms with E-state index >= 15 is 0 Å². The summed E-state index contributed by atoms with van der Waals surface area (Å²) in [5, 5.41) is 10.6. The number of methoxy groups -OCH3 is 1. The van der Waals surface area contributed by atoms with Gasteiger partial charge in [-0.25, -0.2) is 8.78 Å². The quantitative estimate of drug-likeness (QED) is 0.889. The van der Waals surface area contributed by atoms with Crippen molar-refractivity contribution in [3.05, 3.63) is 63.6 Å². The molecule has 0 aliphatic rings. The highest BCUT2D eigenvalue weighted by atomic mass is 79.9. The average molecular weight is 357 g/mol. The molecule has 1 atom stereocenters. The molecule has 0 radical (unpaired) electrons. The van der Waals surface area contributed by atoms with Crippen molar-refractivity contribution in [3.63, 3.8) is 0 Å². The molecule has 5 heteroatoms. The Labute approximate surface area is 130 Å². The number of hydrogen-bond donors (Lipinski definition) is 1. The van der Waals surface area contributed by atoms with E-state index in [-0.39, 0.29) is 12.0 Å². The van der Waals surface area contributed by atoms with Gasteiger partial charge >= 0.3 is 0 Å². The van der Waals surface area contributed by atoms with Crippen LogP contribution in [0.3, 0.4) is 0 Å². The topological polar surface area (TPSA) is 29.5 Å². The molecule has 0 bridgehead atoms. The highest BCUT2D eigenvalue weighted by Crippen LogP contribution is 2.31. The first-order valence-corrected chi connectivity index (χ1v) is 7.12. The molecule has 112 valence electrons. The second-order valence-electron chi connectivity index (χ2n) is 5.07. The van der Waals surface area contributed by atoms with Crippen LogP contribution in [0.2, 0.25) is 0 Å². The molecule has 0 aliphatic carbocycles. The molecule has 0 amide bonds. The number of benzene rings is 2. The molecule has 21 heavy (non-hydrogen) atoms. The second kappa shape index (κ2) is 6.12. The van der Waals surface area contributed by atoms with Crippen molar-refractivity contribution < 1.29 is 18.6 Å². The number of rotatable bonds is 4. The van der Waals surface area contributed by atoms with Gasteiger partial charge in [0.1, 0.15) is 17.4 Å². The van der Waals surface area contributed by atoms with Gasteiger partial charge in [0, 0.05) is 17.0 Å². The van der Waals surface area contributed by atoms with Crippen LogP contribution in [0.15, 0.2) is 40.9 Å². The molecule has 0 spiro atoms. The van der Waals surface area contributed by atoms with Crippen LogP contribution in [0.25, 0.3) is 0 Å². The standard InChI is InChI=1S/C16H15BrF2O2/c1-16(20,11-6-12(18)8-13(19)7-11)9-10-5-14(21-2)3-4-15(10)17/h3-8,20H,9H2,1-2H3. The monoisotopic (exact) mass is 356 g/mol. The lowest BCUT2D eigenvalue weighted by molar-refractivity contribution is 0.0567. The predicted molar refractivity (Wildman–Crippen MR) is 80.3 cm³/mol. The first-order valence-electron chi connectivity index (χ1n) is 6.33. The van der Waals surface area contributed by atoms with Crippen LogP contribution < -0.4 is 4.74 Å². The summed E-state index contributed by atoms with van der Waals surface area (Å²) in [6.07, 6.45) is 0.188. The van der Waals surface area contributed by atoms with Gasteiger partial charge in [-0.05, 0) is 48.4 Å². The lowest BCUT2D eigenvalue weighted by Gasteiger charge is -2.25. The highest BCUT2D eigenvalue weighted by Gasteiger charge is 2.26. The van der Waals surface area contributed by atoms with Gasteiger partial charge in [-0.15, -0.1) is 0 Å². The van der Waals surface area contributed by atoms with Gasteiger partial charge in [0.2, 0.25) is 0 Å². The summed E-state index contributed by atoms with van der Waals surface area (Å²) < 4.78 is 32.6. The summed E-state index contributed by atoms with van der Waals surface area (Å²) >= 11 is 3.40. The van der Waals surface area contributed by atoms with Crippen molar-refractivity contribution in [2.24, 2.45) is 0 Å². The maximum absolute atomic E-state index is 13.3. The van der Waals surface area contributed by atoms with Crippen molar-refractivity contribution in [1.82, 2.24) is 0 Å². The van der Waals surface area contributed by atoms with Gasteiger partial charge in [0.05, 0.1) is 12.7 Å². The maximum atomic E-state index is 13.3. The highest BCUT2D eigenvalue weighted by molar-refractivity contribution is 9.10. The Morgan fingerprint density at radius 2 is 1.76 bits per heavy atom. The largest absolute Gasteiger partial charge is 0.497 e. The van der Waals surface area contributed by atoms with Gasteiger partial charge in [0.15, 0.2) is 0 Å². The Morgan fingerprint density at radius 1 is 1.14 bits per heavy atom. The third kappa shape index (κ3) is 3.80. The van der Waals surface area contributed by atoms with E-state index in [0.717, 1.165) is 28.2 Å². The van der Waals surface area contributed by atoms with Crippen molar-refractivity contribution in [1.29, 1.82) is 0 Å². The van der Waals surface area contributed by atoms with Crippen LogP contribution in [0, 0.1) is 11.6 Å². The molecule has 2 aromatic carbocycles. The fraction of sp³-hybridized carbons (Fsp3) is 0.250. The van der Waals surface area contributed by atoms with E-state index in [2.05, 4.69) is 15.9 Å². The molecule has 0 saturated carbocycles. The summed E-state index contributed by atoms with van der Waals surface area (Å²) in [4.78, 5) is 0. The molecule has 1 N–H and O–H groups in total. The molecular weight excluding hydrogens is 342 g/mol. The first-order chi connectivity index (χ1) is 9.81. The van der Waals surface area contributed by atoms with E-state index in [1.165, 1.54) is 6.92 Å². The number of aliphatic hydroxyl groups is 1. The Kier molecular flexibility index (Phi) is 4.64. The van der Waals surface area contributed by atoms with Gasteiger partial charge in [0.25, 0.3) is 0 Å². The second-order valence-corrected chi connectivity index (χ2v) is 5.92. The summed E-state index contributed by atoms with van der Waals surface area (Å²) in [6.45, 7) is 1.52. The molecule has 0 heterocycles. The van der Waals surface area contributed by atoms with Gasteiger partial charge in [-0.2, -0.15) is 0 Å². The smallest absolute Gasteiger partial charge is 0.126 e. The van der Waals surface area contributed by atoms with Crippen LogP contribution in [0.1, 0.15) is 18.1 Å². The van der Waals surface area contributed by atoms with E-state index in [1.807, 2.05) is 0 Å². The van der Waals surface area contributed by atoms with E-state index in [4.69, 9.17) is 4.74 Å². The summed E-state index contributed by atoms with van der Waals surface area (Å²) in [6, 6.07) is 8.41. The average Bonchev–Trinajstić information content (AvgIpc) is 2.40. The lowest BCUT2D eigenvalue weighted by Crippen LogP contribution is -2.25. The Hall–Kier alpha value is -1.46. The summed E-state index contributed by atoms with van der Waals surface area (Å²) in [5.74, 6) is -0.778. The molecule has 0 saturated heterocycles. The molecule has 0 fully saturated rings. The number of ether oxygens (including phenoxy) is 1. The van der Waals surface area contributed by atoms with Crippen molar-refractivity contribution in [2.45, 2.75) is 18.9 Å². The normalized spacial score (nSPS) is 13.8. The van der Waals surface area contributed by atoms with E-state index in [9.17, 15) is 13.9 Å². The van der Waals surface area contributed by atoms with Crippen molar-refractivity contribution >= 4 is 15.9 Å². The number of halogens is 3. The fourth-order valence-corrected chi connectivity index (χ4v) is 2.54. The Morgan fingerprint density at radius 3 is 2.33 bits per heavy atom. The molecule has 0 aromatic heterocycles. The van der Waals surface area contributed by atoms with Crippen LogP contribution >= 0.6 is 15.9 Å². The molecule has 1 unspecified atom stereocenters. The minimum Gasteiger partial charge on any atom is -0.497 e. The van der Waals surface area contributed by atoms with Crippen molar-refractivity contribution in [2.75, 3.05) is 7.11 Å². The molecule has 0 aliphatic heterocycles. The molecular formula is C16H15BrF2O2. The van der Waals surface area contributed by atoms with Gasteiger partial charge in [-0.3, -0.25) is 0 Å². The minimum atomic E-state index is -1.40. The van der Waals surface area contributed by atoms with E-state index < -0.39 is 17.2 Å². The summed E-state index contributed by atoms with van der Waals surface area (Å²) in [5.41, 5.74) is -0.434. The molecule has 2 nitrogen and oxygen atoms in total. The van der Waals surface area contributed by atoms with Gasteiger partial charge < -0.3 is 9.84 Å². The van der Waals surface area contributed by atoms with E-state index in [1.54, 1.807) is 25.3 Å². The van der Waals surface area contributed by atoms with Crippen molar-refractivity contribution in [3.8, 4) is 5.75 Å². The van der Waals surface area contributed by atoms with Crippen LogP contribution in [-0.2, 0) is 12.0 Å². The molecule has 2 aromatic rings. The third-order valence-electron chi connectivity index (χ3n) is 3.27. The zero-order valence-electron chi connectivity index (χ0n) is 11.7. The third-order valence-corrected chi connectivity index (χ3v) is 4.05. The Bertz CT molecular complexity index is 636. The zero-order valence-corrected chi connectivity index (χ0v) is 13.2. The van der Waals surface area contributed by atoms with E-state index in [0.29, 0.717) is 5.75 Å². The number of hydrogen-bond acceptors (Lipinski definition) is 2. The minimum absolute atomic E-state index is 0.188. The molecule has 2 rings (SSSR count). The van der Waals surface area contributed by atoms with Crippen LogP contribution in [-0.4, -0.2) is 12.2 Å². The summed E-state index contributed by atoms with van der Waals surface area (Å²) in [7, 11) is 1.55. The predicted octanol–water partition coefficient (Wildman–Crippen LogP) is 4.19. The SMILES string of the molecule is COc1ccc(Br)c(CC(C)(O)c2cc(F)cc(F)c2)c1. The van der Waals surface area contributed by atoms with Crippen LogP contribution in [0.5, 0.6) is 5.75 Å². The fourth-order valence-electron chi connectivity index (χ4n) is 2.15. The Balaban J connectivity index is 2.36. The zero-order chi connectivity index (χ0) is 15.6. The van der Waals surface area contributed by atoms with Gasteiger partial charge in [-0.1, -0.05) is 15.9 Å². The lowest BCUT2D eigenvalue weighted by atomic mass is 9.89. The maximum Gasteiger partial charge on any atom is 0.126 e. The first kappa shape index (κ1) is 15.9.